The van der Waals surface area contributed by atoms with Crippen LogP contribution in [0.3, 0.4) is 0 Å². The lowest BCUT2D eigenvalue weighted by Crippen LogP contribution is -2.09. The minimum absolute atomic E-state index is 0.0582. The lowest BCUT2D eigenvalue weighted by molar-refractivity contribution is 0.404. The molecule has 1 heterocycles. The lowest BCUT2D eigenvalue weighted by Gasteiger charge is -2.14. The summed E-state index contributed by atoms with van der Waals surface area (Å²) in [5, 5.41) is 4.11. The molecule has 0 radical (unpaired) electrons. The van der Waals surface area contributed by atoms with E-state index < -0.39 is 0 Å². The first-order valence-electron chi connectivity index (χ1n) is 4.66. The Morgan fingerprint density at radius 1 is 1.50 bits per heavy atom. The summed E-state index contributed by atoms with van der Waals surface area (Å²) >= 11 is 6.09. The fraction of sp³-hybridized carbons (Fsp3) is 0.455. The minimum Gasteiger partial charge on any atom is -0.496 e. The summed E-state index contributed by atoms with van der Waals surface area (Å²) in [4.78, 5) is 0. The van der Waals surface area contributed by atoms with E-state index in [9.17, 15) is 0 Å². The Kier molecular flexibility index (Phi) is 2.20. The maximum absolute atomic E-state index is 6.09. The first kappa shape index (κ1) is 9.81. The Morgan fingerprint density at radius 2 is 2.14 bits per heavy atom. The van der Waals surface area contributed by atoms with Crippen LogP contribution in [0.4, 0.5) is 0 Å². The Hall–Kier alpha value is -0.730. The highest BCUT2D eigenvalue weighted by Crippen LogP contribution is 2.39. The molecule has 0 bridgehead atoms. The van der Waals surface area contributed by atoms with Crippen LogP contribution in [0.1, 0.15) is 18.1 Å². The zero-order chi connectivity index (χ0) is 10.3. The van der Waals surface area contributed by atoms with Gasteiger partial charge in [0.2, 0.25) is 0 Å². The van der Waals surface area contributed by atoms with E-state index in [-0.39, 0.29) is 5.54 Å². The van der Waals surface area contributed by atoms with Gasteiger partial charge < -0.3 is 10.1 Å². The van der Waals surface area contributed by atoms with E-state index in [1.165, 1.54) is 0 Å². The summed E-state index contributed by atoms with van der Waals surface area (Å²) in [6, 6.07) is 3.98. The Morgan fingerprint density at radius 3 is 2.64 bits per heavy atom. The van der Waals surface area contributed by atoms with Crippen LogP contribution in [0.25, 0.3) is 0 Å². The quantitative estimate of drug-likeness (QED) is 0.763. The largest absolute Gasteiger partial charge is 0.496 e. The van der Waals surface area contributed by atoms with Crippen molar-refractivity contribution in [3.8, 4) is 5.75 Å². The molecule has 1 aromatic rings. The predicted octanol–water partition coefficient (Wildman–Crippen LogP) is 2.48. The molecular formula is C11H14ClNO. The van der Waals surface area contributed by atoms with Crippen molar-refractivity contribution in [3.63, 3.8) is 0 Å². The number of hydrogen-bond acceptors (Lipinski definition) is 2. The van der Waals surface area contributed by atoms with Crippen LogP contribution >= 0.6 is 11.6 Å². The third-order valence-electron chi connectivity index (χ3n) is 2.78. The van der Waals surface area contributed by atoms with Crippen molar-refractivity contribution < 1.29 is 4.74 Å². The van der Waals surface area contributed by atoms with Gasteiger partial charge in [-0.1, -0.05) is 11.6 Å². The first-order valence-corrected chi connectivity index (χ1v) is 5.04. The van der Waals surface area contributed by atoms with Crippen molar-refractivity contribution >= 4 is 11.6 Å². The Balaban J connectivity index is 2.52. The van der Waals surface area contributed by atoms with Crippen LogP contribution in [0.5, 0.6) is 5.75 Å². The highest BCUT2D eigenvalue weighted by atomic mass is 35.5. The highest BCUT2D eigenvalue weighted by molar-refractivity contribution is 6.31. The van der Waals surface area contributed by atoms with E-state index in [0.717, 1.165) is 28.4 Å². The molecule has 1 saturated heterocycles. The van der Waals surface area contributed by atoms with Gasteiger partial charge in [-0.15, -0.1) is 0 Å². The molecule has 1 unspecified atom stereocenters. The lowest BCUT2D eigenvalue weighted by atomic mass is 9.99. The molecule has 1 N–H and O–H groups in total. The summed E-state index contributed by atoms with van der Waals surface area (Å²) < 4.78 is 5.35. The number of nitrogens with one attached hydrogen (secondary N) is 1. The smallest absolute Gasteiger partial charge is 0.124 e. The topological polar surface area (TPSA) is 31.2 Å². The molecule has 1 aromatic carbocycles. The average Bonchev–Trinajstić information content (AvgIpc) is 2.89. The summed E-state index contributed by atoms with van der Waals surface area (Å²) in [6.07, 6.45) is 0. The minimum atomic E-state index is 0.0582. The van der Waals surface area contributed by atoms with Crippen LogP contribution < -0.4 is 10.1 Å². The van der Waals surface area contributed by atoms with Gasteiger partial charge in [0.25, 0.3) is 0 Å². The van der Waals surface area contributed by atoms with Gasteiger partial charge in [-0.3, -0.25) is 0 Å². The van der Waals surface area contributed by atoms with Crippen LogP contribution in [-0.4, -0.2) is 13.7 Å². The molecule has 0 aromatic heterocycles. The molecular weight excluding hydrogens is 198 g/mol. The van der Waals surface area contributed by atoms with Crippen LogP contribution in [0, 0.1) is 6.92 Å². The van der Waals surface area contributed by atoms with E-state index in [0.29, 0.717) is 0 Å². The average molecular weight is 212 g/mol. The number of hydrogen-bond donors (Lipinski definition) is 1. The highest BCUT2D eigenvalue weighted by Gasteiger charge is 2.40. The second-order valence-corrected chi connectivity index (χ2v) is 4.39. The molecule has 3 heteroatoms. The molecule has 0 amide bonds. The van der Waals surface area contributed by atoms with E-state index in [4.69, 9.17) is 16.3 Å². The molecule has 0 spiro atoms. The third kappa shape index (κ3) is 1.49. The van der Waals surface area contributed by atoms with Crippen LogP contribution in [0.2, 0.25) is 5.02 Å². The SMILES string of the molecule is COc1cc(C)c(Cl)cc1C1(C)CN1. The van der Waals surface area contributed by atoms with E-state index in [1.54, 1.807) is 7.11 Å². The van der Waals surface area contributed by atoms with Gasteiger partial charge in [-0.2, -0.15) is 0 Å². The van der Waals surface area contributed by atoms with Crippen molar-refractivity contribution in [3.05, 3.63) is 28.3 Å². The standard InChI is InChI=1S/C11H14ClNO/c1-7-4-10(14-3)8(5-9(7)12)11(2)6-13-11/h4-5,13H,6H2,1-3H3. The monoisotopic (exact) mass is 211 g/mol. The summed E-state index contributed by atoms with van der Waals surface area (Å²) in [7, 11) is 1.69. The van der Waals surface area contributed by atoms with Gasteiger partial charge in [0, 0.05) is 17.1 Å². The summed E-state index contributed by atoms with van der Waals surface area (Å²) in [5.74, 6) is 0.916. The molecule has 76 valence electrons. The molecule has 2 rings (SSSR count). The van der Waals surface area contributed by atoms with Gasteiger partial charge in [-0.25, -0.2) is 0 Å². The Bertz CT molecular complexity index is 372. The van der Waals surface area contributed by atoms with Crippen LogP contribution in [0.15, 0.2) is 12.1 Å². The summed E-state index contributed by atoms with van der Waals surface area (Å²) in [6.45, 7) is 5.12. The molecule has 1 aliphatic rings. The Labute approximate surface area is 89.2 Å². The van der Waals surface area contributed by atoms with Crippen molar-refractivity contribution in [1.29, 1.82) is 0 Å². The molecule has 14 heavy (non-hydrogen) atoms. The van der Waals surface area contributed by atoms with Gasteiger partial charge in [-0.05, 0) is 31.5 Å². The molecule has 1 aliphatic heterocycles. The number of ether oxygens (including phenoxy) is 1. The first-order chi connectivity index (χ1) is 6.57. The van der Waals surface area contributed by atoms with E-state index in [2.05, 4.69) is 12.2 Å². The zero-order valence-corrected chi connectivity index (χ0v) is 9.40. The number of halogens is 1. The summed E-state index contributed by atoms with van der Waals surface area (Å²) in [5.41, 5.74) is 2.26. The van der Waals surface area contributed by atoms with E-state index >= 15 is 0 Å². The molecule has 0 saturated carbocycles. The normalized spacial score (nSPS) is 24.9. The second kappa shape index (κ2) is 3.14. The fourth-order valence-corrected chi connectivity index (χ4v) is 1.74. The van der Waals surface area contributed by atoms with Gasteiger partial charge >= 0.3 is 0 Å². The van der Waals surface area contributed by atoms with Crippen molar-refractivity contribution in [2.75, 3.05) is 13.7 Å². The second-order valence-electron chi connectivity index (χ2n) is 3.99. The third-order valence-corrected chi connectivity index (χ3v) is 3.19. The molecule has 1 atom stereocenters. The van der Waals surface area contributed by atoms with Crippen molar-refractivity contribution in [2.24, 2.45) is 0 Å². The maximum Gasteiger partial charge on any atom is 0.124 e. The molecule has 1 fully saturated rings. The van der Waals surface area contributed by atoms with Gasteiger partial charge in [0.1, 0.15) is 5.75 Å². The van der Waals surface area contributed by atoms with Gasteiger partial charge in [0.15, 0.2) is 0 Å². The number of benzene rings is 1. The predicted molar refractivity (Wildman–Crippen MR) is 58.1 cm³/mol. The van der Waals surface area contributed by atoms with Gasteiger partial charge in [0.05, 0.1) is 12.6 Å². The van der Waals surface area contributed by atoms with E-state index in [1.807, 2.05) is 19.1 Å². The zero-order valence-electron chi connectivity index (χ0n) is 8.65. The molecule has 0 aliphatic carbocycles. The number of rotatable bonds is 2. The van der Waals surface area contributed by atoms with Crippen LogP contribution in [-0.2, 0) is 5.54 Å². The molecule has 2 nitrogen and oxygen atoms in total. The maximum atomic E-state index is 6.09. The number of aryl methyl sites for hydroxylation is 1. The van der Waals surface area contributed by atoms with Crippen molar-refractivity contribution in [2.45, 2.75) is 19.4 Å². The number of methoxy groups -OCH3 is 1. The van der Waals surface area contributed by atoms with Crippen molar-refractivity contribution in [1.82, 2.24) is 5.32 Å². The fourth-order valence-electron chi connectivity index (χ4n) is 1.58.